The number of nitrogens with one attached hydrogen (secondary N) is 1. The molecule has 2 rings (SSSR count). The number of ether oxygens (including phenoxy) is 1. The van der Waals surface area contributed by atoms with Crippen molar-refractivity contribution in [3.8, 4) is 0 Å². The topological polar surface area (TPSA) is 125 Å². The first-order chi connectivity index (χ1) is 9.81. The van der Waals surface area contributed by atoms with E-state index in [-0.39, 0.29) is 28.2 Å². The maximum absolute atomic E-state index is 12.3. The van der Waals surface area contributed by atoms with Crippen molar-refractivity contribution in [1.29, 1.82) is 0 Å². The Morgan fingerprint density at radius 2 is 2.24 bits per heavy atom. The van der Waals surface area contributed by atoms with Crippen molar-refractivity contribution in [2.75, 3.05) is 18.9 Å². The summed E-state index contributed by atoms with van der Waals surface area (Å²) in [6, 6.07) is 3.08. The van der Waals surface area contributed by atoms with Crippen molar-refractivity contribution >= 4 is 21.4 Å². The normalized spacial score (nSPS) is 20.3. The smallest absolute Gasteiger partial charge is 0.292 e. The number of hydrogen-bond donors (Lipinski definition) is 2. The molecule has 9 heteroatoms. The number of nitrogen functional groups attached to an aromatic ring is 1. The van der Waals surface area contributed by atoms with Gasteiger partial charge in [0.2, 0.25) is 10.0 Å². The van der Waals surface area contributed by atoms with Crippen LogP contribution in [0.1, 0.15) is 13.3 Å². The van der Waals surface area contributed by atoms with E-state index in [1.807, 2.05) is 0 Å². The maximum atomic E-state index is 12.3. The Labute approximate surface area is 122 Å². The van der Waals surface area contributed by atoms with Gasteiger partial charge in [-0.3, -0.25) is 10.1 Å². The van der Waals surface area contributed by atoms with Gasteiger partial charge in [0.15, 0.2) is 0 Å². The monoisotopic (exact) mass is 315 g/mol. The molecule has 0 amide bonds. The number of benzene rings is 1. The van der Waals surface area contributed by atoms with E-state index < -0.39 is 14.9 Å². The molecule has 1 aliphatic heterocycles. The van der Waals surface area contributed by atoms with Crippen molar-refractivity contribution in [1.82, 2.24) is 4.72 Å². The summed E-state index contributed by atoms with van der Waals surface area (Å²) in [5.41, 5.74) is 5.02. The van der Waals surface area contributed by atoms with E-state index >= 15 is 0 Å². The summed E-state index contributed by atoms with van der Waals surface area (Å²) >= 11 is 0. The molecule has 2 unspecified atom stereocenters. The Bertz CT molecular complexity index is 640. The number of nitrogens with zero attached hydrogens (tertiary/aromatic N) is 1. The van der Waals surface area contributed by atoms with Gasteiger partial charge in [-0.2, -0.15) is 0 Å². The summed E-state index contributed by atoms with van der Waals surface area (Å²) in [6.07, 6.45) is 0.798. The largest absolute Gasteiger partial charge is 0.393 e. The lowest BCUT2D eigenvalue weighted by atomic mass is 10.0. The lowest BCUT2D eigenvalue weighted by Gasteiger charge is -2.19. The van der Waals surface area contributed by atoms with E-state index in [1.165, 1.54) is 6.07 Å². The predicted molar refractivity (Wildman–Crippen MR) is 76.2 cm³/mol. The Hall–Kier alpha value is -1.71. The van der Waals surface area contributed by atoms with Gasteiger partial charge in [-0.25, -0.2) is 13.1 Å². The molecule has 1 aliphatic rings. The SMILES string of the molecule is CC(NS(=O)(=O)c1ccc([N+](=O)[O-])c(N)c1)C1CCOC1. The predicted octanol–water partition coefficient (Wildman–Crippen LogP) is 0.880. The van der Waals surface area contributed by atoms with Crippen LogP contribution in [0, 0.1) is 16.0 Å². The fourth-order valence-corrected chi connectivity index (χ4v) is 3.57. The van der Waals surface area contributed by atoms with Gasteiger partial charge in [0.1, 0.15) is 5.69 Å². The first-order valence-corrected chi connectivity index (χ1v) is 7.93. The molecule has 1 aromatic carbocycles. The highest BCUT2D eigenvalue weighted by atomic mass is 32.2. The standard InChI is InChI=1S/C12H17N3O5S/c1-8(9-4-5-20-7-9)14-21(18,19)10-2-3-12(15(16)17)11(13)6-10/h2-3,6,8-9,14H,4-5,7,13H2,1H3. The zero-order valence-electron chi connectivity index (χ0n) is 11.5. The number of nitrogens with two attached hydrogens (primary N) is 1. The lowest BCUT2D eigenvalue weighted by Crippen LogP contribution is -2.38. The second-order valence-corrected chi connectivity index (χ2v) is 6.73. The second-order valence-electron chi connectivity index (χ2n) is 5.01. The van der Waals surface area contributed by atoms with Gasteiger partial charge in [0, 0.05) is 24.6 Å². The van der Waals surface area contributed by atoms with Crippen LogP contribution in [0.5, 0.6) is 0 Å². The number of hydrogen-bond acceptors (Lipinski definition) is 6. The summed E-state index contributed by atoms with van der Waals surface area (Å²) < 4.78 is 32.3. The third kappa shape index (κ3) is 3.49. The van der Waals surface area contributed by atoms with Gasteiger partial charge in [0.05, 0.1) is 16.4 Å². The van der Waals surface area contributed by atoms with E-state index in [0.29, 0.717) is 13.2 Å². The van der Waals surface area contributed by atoms with Crippen molar-refractivity contribution < 1.29 is 18.1 Å². The molecule has 3 N–H and O–H groups in total. The van der Waals surface area contributed by atoms with Crippen LogP contribution in [-0.2, 0) is 14.8 Å². The van der Waals surface area contributed by atoms with Crippen LogP contribution in [0.25, 0.3) is 0 Å². The summed E-state index contributed by atoms with van der Waals surface area (Å²) in [5.74, 6) is 0.121. The molecule has 0 bridgehead atoms. The fourth-order valence-electron chi connectivity index (χ4n) is 2.22. The van der Waals surface area contributed by atoms with Crippen molar-refractivity contribution in [2.24, 2.45) is 5.92 Å². The zero-order chi connectivity index (χ0) is 15.6. The molecule has 0 saturated carbocycles. The average molecular weight is 315 g/mol. The highest BCUT2D eigenvalue weighted by molar-refractivity contribution is 7.89. The van der Waals surface area contributed by atoms with Crippen LogP contribution in [-0.4, -0.2) is 32.6 Å². The van der Waals surface area contributed by atoms with Crippen LogP contribution in [0.4, 0.5) is 11.4 Å². The number of nitro groups is 1. The van der Waals surface area contributed by atoms with Gasteiger partial charge < -0.3 is 10.5 Å². The Morgan fingerprint density at radius 3 is 2.76 bits per heavy atom. The van der Waals surface area contributed by atoms with Crippen molar-refractivity contribution in [3.05, 3.63) is 28.3 Å². The van der Waals surface area contributed by atoms with Crippen LogP contribution in [0.2, 0.25) is 0 Å². The van der Waals surface area contributed by atoms with E-state index in [0.717, 1.165) is 18.6 Å². The van der Waals surface area contributed by atoms with Gasteiger partial charge >= 0.3 is 0 Å². The molecular weight excluding hydrogens is 298 g/mol. The van der Waals surface area contributed by atoms with Crippen LogP contribution >= 0.6 is 0 Å². The minimum Gasteiger partial charge on any atom is -0.393 e. The molecule has 0 aromatic heterocycles. The second kappa shape index (κ2) is 5.96. The molecule has 116 valence electrons. The van der Waals surface area contributed by atoms with Crippen molar-refractivity contribution in [2.45, 2.75) is 24.3 Å². The van der Waals surface area contributed by atoms with E-state index in [1.54, 1.807) is 6.92 Å². The Morgan fingerprint density at radius 1 is 1.52 bits per heavy atom. The van der Waals surface area contributed by atoms with Gasteiger partial charge in [-0.1, -0.05) is 0 Å². The minimum absolute atomic E-state index is 0.0867. The number of anilines is 1. The molecule has 0 radical (unpaired) electrons. The molecule has 1 heterocycles. The Kier molecular flexibility index (Phi) is 4.45. The molecule has 1 saturated heterocycles. The fraction of sp³-hybridized carbons (Fsp3) is 0.500. The quantitative estimate of drug-likeness (QED) is 0.472. The zero-order valence-corrected chi connectivity index (χ0v) is 12.3. The Balaban J connectivity index is 2.19. The summed E-state index contributed by atoms with van der Waals surface area (Å²) in [4.78, 5) is 9.94. The lowest BCUT2D eigenvalue weighted by molar-refractivity contribution is -0.383. The molecule has 0 spiro atoms. The molecule has 1 fully saturated rings. The highest BCUT2D eigenvalue weighted by Crippen LogP contribution is 2.25. The average Bonchev–Trinajstić information content (AvgIpc) is 2.91. The summed E-state index contributed by atoms with van der Waals surface area (Å²) in [7, 11) is -3.77. The number of sulfonamides is 1. The number of rotatable bonds is 5. The maximum Gasteiger partial charge on any atom is 0.292 e. The molecule has 0 aliphatic carbocycles. The molecule has 1 aromatic rings. The first-order valence-electron chi connectivity index (χ1n) is 6.45. The third-order valence-electron chi connectivity index (χ3n) is 3.52. The van der Waals surface area contributed by atoms with Crippen LogP contribution < -0.4 is 10.5 Å². The molecular formula is C12H17N3O5S. The first kappa shape index (κ1) is 15.7. The van der Waals surface area contributed by atoms with Gasteiger partial charge in [0.25, 0.3) is 5.69 Å². The summed E-state index contributed by atoms with van der Waals surface area (Å²) in [5, 5.41) is 10.7. The molecule has 2 atom stereocenters. The highest BCUT2D eigenvalue weighted by Gasteiger charge is 2.27. The van der Waals surface area contributed by atoms with Crippen molar-refractivity contribution in [3.63, 3.8) is 0 Å². The van der Waals surface area contributed by atoms with E-state index in [4.69, 9.17) is 10.5 Å². The summed E-state index contributed by atoms with van der Waals surface area (Å²) in [6.45, 7) is 2.92. The minimum atomic E-state index is -3.77. The molecule has 8 nitrogen and oxygen atoms in total. The molecule has 21 heavy (non-hydrogen) atoms. The van der Waals surface area contributed by atoms with E-state index in [2.05, 4.69) is 4.72 Å². The number of nitro benzene ring substituents is 1. The van der Waals surface area contributed by atoms with E-state index in [9.17, 15) is 18.5 Å². The van der Waals surface area contributed by atoms with Gasteiger partial charge in [-0.15, -0.1) is 0 Å². The van der Waals surface area contributed by atoms with Crippen LogP contribution in [0.15, 0.2) is 23.1 Å². The van der Waals surface area contributed by atoms with Gasteiger partial charge in [-0.05, 0) is 25.5 Å². The third-order valence-corrected chi connectivity index (χ3v) is 5.08. The van der Waals surface area contributed by atoms with Crippen LogP contribution in [0.3, 0.4) is 0 Å².